The average molecular weight is 170 g/mol. The minimum Gasteiger partial charge on any atom is -0.207 e. The van der Waals surface area contributed by atoms with Crippen molar-refractivity contribution in [2.24, 2.45) is 0 Å². The van der Waals surface area contributed by atoms with E-state index in [1.807, 2.05) is 0 Å². The first-order chi connectivity index (χ1) is 5.27. The molecule has 0 nitrogen and oxygen atoms in total. The van der Waals surface area contributed by atoms with Crippen LogP contribution in [0.4, 0.5) is 4.39 Å². The summed E-state index contributed by atoms with van der Waals surface area (Å²) in [5.74, 6) is 1.02. The molecule has 1 aliphatic rings. The maximum Gasteiger partial charge on any atom is 0.128 e. The molecule has 0 heterocycles. The van der Waals surface area contributed by atoms with Crippen LogP contribution in [0.15, 0.2) is 18.2 Å². The highest BCUT2D eigenvalue weighted by molar-refractivity contribution is 6.30. The lowest BCUT2D eigenvalue weighted by Crippen LogP contribution is -1.85. The Labute approximate surface area is 70.0 Å². The summed E-state index contributed by atoms with van der Waals surface area (Å²) in [6.45, 7) is 0. The van der Waals surface area contributed by atoms with Crippen LogP contribution in [0, 0.1) is 11.7 Å². The summed E-state index contributed by atoms with van der Waals surface area (Å²) < 4.78 is 13.0. The predicted octanol–water partition coefficient (Wildman–Crippen LogP) is 3.20. The summed E-state index contributed by atoms with van der Waals surface area (Å²) in [4.78, 5) is 0. The van der Waals surface area contributed by atoms with Crippen LogP contribution in [0.1, 0.15) is 18.4 Å². The number of benzene rings is 1. The molecule has 0 unspecified atom stereocenters. The Hall–Kier alpha value is -0.560. The molecule has 2 heteroatoms. The smallest absolute Gasteiger partial charge is 0.128 e. The first-order valence-electron chi connectivity index (χ1n) is 3.57. The molecule has 0 N–H and O–H groups in total. The van der Waals surface area contributed by atoms with Crippen LogP contribution in [0.3, 0.4) is 0 Å². The van der Waals surface area contributed by atoms with Crippen molar-refractivity contribution in [2.45, 2.75) is 12.8 Å². The lowest BCUT2D eigenvalue weighted by Gasteiger charge is -1.98. The van der Waals surface area contributed by atoms with Gasteiger partial charge in [-0.1, -0.05) is 17.7 Å². The summed E-state index contributed by atoms with van der Waals surface area (Å²) in [5, 5.41) is 0.465. The van der Waals surface area contributed by atoms with Crippen LogP contribution in [-0.2, 0) is 0 Å². The lowest BCUT2D eigenvalue weighted by atomic mass is 10.1. The van der Waals surface area contributed by atoms with Crippen molar-refractivity contribution in [3.05, 3.63) is 40.5 Å². The van der Waals surface area contributed by atoms with Crippen LogP contribution in [-0.4, -0.2) is 0 Å². The van der Waals surface area contributed by atoms with E-state index in [1.165, 1.54) is 12.0 Å². The zero-order valence-electron chi connectivity index (χ0n) is 5.90. The molecule has 2 rings (SSSR count). The minimum atomic E-state index is -0.190. The summed E-state index contributed by atoms with van der Waals surface area (Å²) in [7, 11) is 0. The van der Waals surface area contributed by atoms with Crippen LogP contribution in [0.2, 0.25) is 5.02 Å². The van der Waals surface area contributed by atoms with Gasteiger partial charge in [0.1, 0.15) is 5.82 Å². The number of halogens is 2. The molecule has 0 saturated heterocycles. The van der Waals surface area contributed by atoms with E-state index in [2.05, 4.69) is 0 Å². The molecule has 1 aliphatic carbocycles. The second-order valence-corrected chi connectivity index (χ2v) is 3.16. The number of hydrogen-bond acceptors (Lipinski definition) is 0. The number of rotatable bonds is 1. The van der Waals surface area contributed by atoms with Gasteiger partial charge in [-0.15, -0.1) is 0 Å². The molecule has 1 aromatic rings. The molecule has 0 aromatic heterocycles. The quantitative estimate of drug-likeness (QED) is 0.606. The van der Waals surface area contributed by atoms with Crippen molar-refractivity contribution in [3.63, 3.8) is 0 Å². The van der Waals surface area contributed by atoms with Crippen molar-refractivity contribution in [1.82, 2.24) is 0 Å². The van der Waals surface area contributed by atoms with Crippen molar-refractivity contribution in [3.8, 4) is 0 Å². The molecular formula is C9H7ClF. The highest BCUT2D eigenvalue weighted by atomic mass is 35.5. The van der Waals surface area contributed by atoms with Crippen LogP contribution >= 0.6 is 11.6 Å². The predicted molar refractivity (Wildman–Crippen MR) is 43.0 cm³/mol. The molecule has 11 heavy (non-hydrogen) atoms. The van der Waals surface area contributed by atoms with Gasteiger partial charge in [-0.3, -0.25) is 0 Å². The van der Waals surface area contributed by atoms with Gasteiger partial charge in [0.2, 0.25) is 0 Å². The Morgan fingerprint density at radius 2 is 2.00 bits per heavy atom. The second-order valence-electron chi connectivity index (χ2n) is 2.73. The van der Waals surface area contributed by atoms with Crippen molar-refractivity contribution in [2.75, 3.05) is 0 Å². The third-order valence-corrected chi connectivity index (χ3v) is 2.05. The lowest BCUT2D eigenvalue weighted by molar-refractivity contribution is 0.619. The third kappa shape index (κ3) is 1.38. The van der Waals surface area contributed by atoms with Gasteiger partial charge in [0.15, 0.2) is 0 Å². The fraction of sp³-hybridized carbons (Fsp3) is 0.222. The van der Waals surface area contributed by atoms with Gasteiger partial charge in [0, 0.05) is 10.9 Å². The Morgan fingerprint density at radius 3 is 2.55 bits per heavy atom. The SMILES string of the molecule is Fc1cc(Cl)ccc1[C]1CC1. The van der Waals surface area contributed by atoms with E-state index in [0.29, 0.717) is 5.02 Å². The highest BCUT2D eigenvalue weighted by Crippen LogP contribution is 2.40. The Kier molecular flexibility index (Phi) is 1.61. The van der Waals surface area contributed by atoms with Crippen molar-refractivity contribution in [1.29, 1.82) is 0 Å². The molecule has 1 aromatic carbocycles. The first kappa shape index (κ1) is 7.11. The number of hydrogen-bond donors (Lipinski definition) is 0. The van der Waals surface area contributed by atoms with Gasteiger partial charge >= 0.3 is 0 Å². The summed E-state index contributed by atoms with van der Waals surface area (Å²) >= 11 is 5.59. The molecule has 0 aliphatic heterocycles. The molecule has 0 atom stereocenters. The normalized spacial score (nSPS) is 16.9. The fourth-order valence-electron chi connectivity index (χ4n) is 1.11. The van der Waals surface area contributed by atoms with E-state index in [1.54, 1.807) is 12.1 Å². The Bertz CT molecular complexity index is 279. The summed E-state index contributed by atoms with van der Waals surface area (Å²) in [6, 6.07) is 4.84. The van der Waals surface area contributed by atoms with E-state index >= 15 is 0 Å². The Balaban J connectivity index is 2.39. The maximum atomic E-state index is 13.0. The topological polar surface area (TPSA) is 0 Å². The van der Waals surface area contributed by atoms with E-state index in [-0.39, 0.29) is 5.82 Å². The van der Waals surface area contributed by atoms with E-state index in [4.69, 9.17) is 11.6 Å². The standard InChI is InChI=1S/C9H7ClF/c10-7-3-4-8(6-1-2-6)9(11)5-7/h3-5H,1-2H2. The van der Waals surface area contributed by atoms with Crippen LogP contribution in [0.25, 0.3) is 0 Å². The van der Waals surface area contributed by atoms with E-state index in [0.717, 1.165) is 18.4 Å². The second kappa shape index (κ2) is 2.49. The third-order valence-electron chi connectivity index (χ3n) is 1.81. The van der Waals surface area contributed by atoms with Gasteiger partial charge in [-0.2, -0.15) is 0 Å². The average Bonchev–Trinajstić information content (AvgIpc) is 2.70. The van der Waals surface area contributed by atoms with Crippen molar-refractivity contribution >= 4 is 11.6 Å². The molecule has 1 saturated carbocycles. The zero-order chi connectivity index (χ0) is 7.84. The highest BCUT2D eigenvalue weighted by Gasteiger charge is 2.26. The van der Waals surface area contributed by atoms with Crippen molar-refractivity contribution < 1.29 is 4.39 Å². The molecule has 0 amide bonds. The molecule has 0 bridgehead atoms. The Morgan fingerprint density at radius 1 is 1.27 bits per heavy atom. The van der Waals surface area contributed by atoms with E-state index in [9.17, 15) is 4.39 Å². The van der Waals surface area contributed by atoms with Gasteiger partial charge in [-0.05, 0) is 30.5 Å². The monoisotopic (exact) mass is 169 g/mol. The minimum absolute atomic E-state index is 0.190. The molecule has 1 fully saturated rings. The summed E-state index contributed by atoms with van der Waals surface area (Å²) in [5.41, 5.74) is 0.745. The molecule has 57 valence electrons. The molecule has 0 spiro atoms. The van der Waals surface area contributed by atoms with E-state index < -0.39 is 0 Å². The van der Waals surface area contributed by atoms with Gasteiger partial charge in [0.05, 0.1) is 0 Å². The van der Waals surface area contributed by atoms with Gasteiger partial charge in [0.25, 0.3) is 0 Å². The first-order valence-corrected chi connectivity index (χ1v) is 3.95. The van der Waals surface area contributed by atoms with Gasteiger partial charge in [-0.25, -0.2) is 4.39 Å². The maximum absolute atomic E-state index is 13.0. The van der Waals surface area contributed by atoms with Crippen LogP contribution in [0.5, 0.6) is 0 Å². The van der Waals surface area contributed by atoms with Crippen LogP contribution < -0.4 is 0 Å². The molecule has 1 radical (unpaired) electrons. The fourth-order valence-corrected chi connectivity index (χ4v) is 1.27. The van der Waals surface area contributed by atoms with Gasteiger partial charge < -0.3 is 0 Å². The largest absolute Gasteiger partial charge is 0.207 e. The zero-order valence-corrected chi connectivity index (χ0v) is 6.66. The molecular weight excluding hydrogens is 163 g/mol. The summed E-state index contributed by atoms with van der Waals surface area (Å²) in [6.07, 6.45) is 2.08.